The van der Waals surface area contributed by atoms with Crippen LogP contribution in [0, 0.1) is 0 Å². The standard InChI is InChI=1S/C9H11N3O/c1-6-3-4-8(13)7-5-10-12(2)9(7)11-6/h3,5,11H,4H2,1-2H3. The normalized spacial score (nSPS) is 15.8. The lowest BCUT2D eigenvalue weighted by molar-refractivity contribution is 0.0997. The lowest BCUT2D eigenvalue weighted by Gasteiger charge is -2.05. The van der Waals surface area contributed by atoms with Crippen LogP contribution in [0.1, 0.15) is 23.7 Å². The third kappa shape index (κ3) is 1.24. The number of anilines is 1. The molecule has 0 saturated heterocycles. The SMILES string of the molecule is CC1=CCC(=O)c2cnn(C)c2N1. The topological polar surface area (TPSA) is 46.9 Å². The summed E-state index contributed by atoms with van der Waals surface area (Å²) >= 11 is 0. The molecule has 0 spiro atoms. The fourth-order valence-corrected chi connectivity index (χ4v) is 1.38. The monoisotopic (exact) mass is 177 g/mol. The van der Waals surface area contributed by atoms with Gasteiger partial charge in [0.15, 0.2) is 5.78 Å². The molecule has 4 heteroatoms. The molecule has 1 aromatic rings. The summed E-state index contributed by atoms with van der Waals surface area (Å²) < 4.78 is 1.68. The van der Waals surface area contributed by atoms with E-state index >= 15 is 0 Å². The highest BCUT2D eigenvalue weighted by Crippen LogP contribution is 2.21. The molecular weight excluding hydrogens is 166 g/mol. The summed E-state index contributed by atoms with van der Waals surface area (Å²) in [5.74, 6) is 0.906. The molecule has 0 aromatic carbocycles. The van der Waals surface area contributed by atoms with Crippen molar-refractivity contribution in [2.45, 2.75) is 13.3 Å². The molecule has 1 aliphatic rings. The molecule has 4 nitrogen and oxygen atoms in total. The number of nitrogens with one attached hydrogen (secondary N) is 1. The van der Waals surface area contributed by atoms with E-state index in [1.54, 1.807) is 10.9 Å². The second-order valence-electron chi connectivity index (χ2n) is 3.17. The summed E-state index contributed by atoms with van der Waals surface area (Å²) in [5.41, 5.74) is 1.67. The molecule has 0 radical (unpaired) electrons. The van der Waals surface area contributed by atoms with Crippen molar-refractivity contribution in [2.75, 3.05) is 5.32 Å². The number of fused-ring (bicyclic) bond motifs is 1. The Balaban J connectivity index is 2.54. The van der Waals surface area contributed by atoms with E-state index in [9.17, 15) is 4.79 Å². The van der Waals surface area contributed by atoms with E-state index in [1.807, 2.05) is 20.0 Å². The van der Waals surface area contributed by atoms with E-state index in [2.05, 4.69) is 10.4 Å². The van der Waals surface area contributed by atoms with Gasteiger partial charge < -0.3 is 5.32 Å². The number of aryl methyl sites for hydroxylation is 1. The minimum atomic E-state index is 0.118. The maximum absolute atomic E-state index is 11.5. The van der Waals surface area contributed by atoms with E-state index < -0.39 is 0 Å². The number of rotatable bonds is 0. The molecule has 0 atom stereocenters. The average molecular weight is 177 g/mol. The minimum absolute atomic E-state index is 0.118. The highest BCUT2D eigenvalue weighted by Gasteiger charge is 2.17. The Morgan fingerprint density at radius 1 is 1.62 bits per heavy atom. The number of carbonyl (C=O) groups is 1. The molecule has 13 heavy (non-hydrogen) atoms. The molecule has 0 unspecified atom stereocenters. The molecule has 1 aliphatic heterocycles. The summed E-state index contributed by atoms with van der Waals surface area (Å²) in [5, 5.41) is 7.17. The van der Waals surface area contributed by atoms with Crippen molar-refractivity contribution < 1.29 is 4.79 Å². The van der Waals surface area contributed by atoms with Crippen LogP contribution in [0.3, 0.4) is 0 Å². The van der Waals surface area contributed by atoms with Crippen LogP contribution >= 0.6 is 0 Å². The molecule has 0 aliphatic carbocycles. The minimum Gasteiger partial charge on any atom is -0.344 e. The van der Waals surface area contributed by atoms with Gasteiger partial charge in [-0.15, -0.1) is 0 Å². The Bertz CT molecular complexity index is 390. The predicted molar refractivity (Wildman–Crippen MR) is 49.5 cm³/mol. The average Bonchev–Trinajstić information content (AvgIpc) is 2.37. The van der Waals surface area contributed by atoms with Crippen LogP contribution in [0.25, 0.3) is 0 Å². The summed E-state index contributed by atoms with van der Waals surface area (Å²) in [7, 11) is 1.82. The quantitative estimate of drug-likeness (QED) is 0.650. The zero-order valence-corrected chi connectivity index (χ0v) is 7.66. The molecule has 2 rings (SSSR count). The van der Waals surface area contributed by atoms with Crippen LogP contribution in [-0.4, -0.2) is 15.6 Å². The Morgan fingerprint density at radius 3 is 3.15 bits per heavy atom. The first kappa shape index (κ1) is 8.04. The van der Waals surface area contributed by atoms with Crippen molar-refractivity contribution in [1.82, 2.24) is 9.78 Å². The summed E-state index contributed by atoms with van der Waals surface area (Å²) in [4.78, 5) is 11.5. The van der Waals surface area contributed by atoms with Gasteiger partial charge in [-0.3, -0.25) is 9.48 Å². The molecule has 1 N–H and O–H groups in total. The lowest BCUT2D eigenvalue weighted by Crippen LogP contribution is -2.03. The van der Waals surface area contributed by atoms with Gasteiger partial charge in [0.2, 0.25) is 0 Å². The van der Waals surface area contributed by atoms with Gasteiger partial charge in [0.25, 0.3) is 0 Å². The largest absolute Gasteiger partial charge is 0.344 e. The van der Waals surface area contributed by atoms with Crippen LogP contribution in [0.15, 0.2) is 18.0 Å². The van der Waals surface area contributed by atoms with Crippen LogP contribution in [-0.2, 0) is 7.05 Å². The second kappa shape index (κ2) is 2.73. The lowest BCUT2D eigenvalue weighted by atomic mass is 10.2. The molecular formula is C9H11N3O. The number of allylic oxidation sites excluding steroid dienone is 2. The molecule has 1 aromatic heterocycles. The molecule has 2 heterocycles. The van der Waals surface area contributed by atoms with E-state index in [-0.39, 0.29) is 5.78 Å². The van der Waals surface area contributed by atoms with Gasteiger partial charge in [-0.2, -0.15) is 5.10 Å². The number of Topliss-reactive ketones (excluding diaryl/α,β-unsaturated/α-hetero) is 1. The van der Waals surface area contributed by atoms with Gasteiger partial charge in [-0.1, -0.05) is 6.08 Å². The van der Waals surface area contributed by atoms with Gasteiger partial charge in [0.05, 0.1) is 11.8 Å². The summed E-state index contributed by atoms with van der Waals surface area (Å²) in [6, 6.07) is 0. The van der Waals surface area contributed by atoms with Crippen molar-refractivity contribution in [3.8, 4) is 0 Å². The third-order valence-electron chi connectivity index (χ3n) is 2.15. The van der Waals surface area contributed by atoms with Crippen molar-refractivity contribution in [3.05, 3.63) is 23.5 Å². The molecule has 0 fully saturated rings. The maximum atomic E-state index is 11.5. The number of carbonyl (C=O) groups excluding carboxylic acids is 1. The van der Waals surface area contributed by atoms with Crippen LogP contribution < -0.4 is 5.32 Å². The van der Waals surface area contributed by atoms with Crippen molar-refractivity contribution in [3.63, 3.8) is 0 Å². The van der Waals surface area contributed by atoms with Crippen LogP contribution in [0.4, 0.5) is 5.82 Å². The highest BCUT2D eigenvalue weighted by molar-refractivity contribution is 6.02. The number of nitrogens with zero attached hydrogens (tertiary/aromatic N) is 2. The Kier molecular flexibility index (Phi) is 1.69. The number of hydrogen-bond acceptors (Lipinski definition) is 3. The van der Waals surface area contributed by atoms with Gasteiger partial charge in [-0.05, 0) is 6.92 Å². The smallest absolute Gasteiger partial charge is 0.172 e. The van der Waals surface area contributed by atoms with E-state index in [1.165, 1.54) is 0 Å². The Morgan fingerprint density at radius 2 is 2.38 bits per heavy atom. The molecule has 0 saturated carbocycles. The third-order valence-corrected chi connectivity index (χ3v) is 2.15. The summed E-state index contributed by atoms with van der Waals surface area (Å²) in [6.07, 6.45) is 3.96. The molecule has 0 amide bonds. The van der Waals surface area contributed by atoms with Gasteiger partial charge in [-0.25, -0.2) is 0 Å². The molecule has 0 bridgehead atoms. The van der Waals surface area contributed by atoms with Gasteiger partial charge in [0.1, 0.15) is 5.82 Å². The van der Waals surface area contributed by atoms with E-state index in [0.29, 0.717) is 12.0 Å². The van der Waals surface area contributed by atoms with Crippen LogP contribution in [0.5, 0.6) is 0 Å². The zero-order valence-electron chi connectivity index (χ0n) is 7.66. The number of ketones is 1. The van der Waals surface area contributed by atoms with Crippen molar-refractivity contribution in [2.24, 2.45) is 7.05 Å². The Hall–Kier alpha value is -1.58. The van der Waals surface area contributed by atoms with Gasteiger partial charge >= 0.3 is 0 Å². The zero-order chi connectivity index (χ0) is 9.42. The summed E-state index contributed by atoms with van der Waals surface area (Å²) in [6.45, 7) is 1.94. The number of aromatic nitrogens is 2. The van der Waals surface area contributed by atoms with E-state index in [0.717, 1.165) is 11.5 Å². The Labute approximate surface area is 76.2 Å². The predicted octanol–water partition coefficient (Wildman–Crippen LogP) is 1.32. The first-order valence-electron chi connectivity index (χ1n) is 4.17. The van der Waals surface area contributed by atoms with E-state index in [4.69, 9.17) is 0 Å². The maximum Gasteiger partial charge on any atom is 0.172 e. The van der Waals surface area contributed by atoms with Crippen molar-refractivity contribution >= 4 is 11.6 Å². The number of hydrogen-bond donors (Lipinski definition) is 1. The molecule has 68 valence electrons. The van der Waals surface area contributed by atoms with Gasteiger partial charge in [0, 0.05) is 19.2 Å². The first-order chi connectivity index (χ1) is 6.18. The fourth-order valence-electron chi connectivity index (χ4n) is 1.38. The highest BCUT2D eigenvalue weighted by atomic mass is 16.1. The van der Waals surface area contributed by atoms with Crippen LogP contribution in [0.2, 0.25) is 0 Å². The van der Waals surface area contributed by atoms with Crippen molar-refractivity contribution in [1.29, 1.82) is 0 Å². The fraction of sp³-hybridized carbons (Fsp3) is 0.333. The first-order valence-corrected chi connectivity index (χ1v) is 4.17. The second-order valence-corrected chi connectivity index (χ2v) is 3.17.